The fraction of sp³-hybridized carbons (Fsp3) is 0.188. The Kier molecular flexibility index (Phi) is 3.36. The first-order valence-corrected chi connectivity index (χ1v) is 6.63. The Morgan fingerprint density at radius 3 is 2.05 bits per heavy atom. The van der Waals surface area contributed by atoms with Crippen LogP contribution in [0.2, 0.25) is 0 Å². The van der Waals surface area contributed by atoms with E-state index in [0.717, 1.165) is 48.1 Å². The van der Waals surface area contributed by atoms with Crippen LogP contribution in [-0.2, 0) is 0 Å². The minimum atomic E-state index is 0. The number of hydrogen-bond acceptors (Lipinski definition) is 3. The van der Waals surface area contributed by atoms with E-state index >= 15 is 0 Å². The molecule has 4 heteroatoms. The van der Waals surface area contributed by atoms with Crippen molar-refractivity contribution < 1.29 is 4.74 Å². The molecule has 0 aromatic heterocycles. The molecule has 3 nitrogen and oxygen atoms in total. The van der Waals surface area contributed by atoms with E-state index in [0.29, 0.717) is 0 Å². The van der Waals surface area contributed by atoms with Gasteiger partial charge in [-0.15, -0.1) is 12.4 Å². The zero-order valence-electron chi connectivity index (χ0n) is 11.0. The molecular weight excluding hydrogens is 272 g/mol. The SMILES string of the molecule is Cl.c1ccc2c(c1)Oc1ccccc1N2C1=NCCC1. The summed E-state index contributed by atoms with van der Waals surface area (Å²) in [5.41, 5.74) is 2.17. The maximum Gasteiger partial charge on any atom is 0.151 e. The van der Waals surface area contributed by atoms with Crippen LogP contribution >= 0.6 is 12.4 Å². The zero-order valence-corrected chi connectivity index (χ0v) is 11.8. The smallest absolute Gasteiger partial charge is 0.151 e. The fourth-order valence-corrected chi connectivity index (χ4v) is 2.69. The molecule has 2 aromatic carbocycles. The van der Waals surface area contributed by atoms with Crippen molar-refractivity contribution in [1.82, 2.24) is 0 Å². The minimum absolute atomic E-state index is 0. The van der Waals surface area contributed by atoms with E-state index in [1.54, 1.807) is 0 Å². The Labute approximate surface area is 124 Å². The largest absolute Gasteiger partial charge is 0.453 e. The molecule has 2 aliphatic heterocycles. The lowest BCUT2D eigenvalue weighted by Crippen LogP contribution is -2.27. The first-order chi connectivity index (χ1) is 9.43. The average molecular weight is 287 g/mol. The van der Waals surface area contributed by atoms with Crippen LogP contribution < -0.4 is 9.64 Å². The molecule has 0 amide bonds. The summed E-state index contributed by atoms with van der Waals surface area (Å²) in [6.07, 6.45) is 2.17. The molecule has 4 rings (SSSR count). The second-order valence-corrected chi connectivity index (χ2v) is 4.77. The van der Waals surface area contributed by atoms with Crippen molar-refractivity contribution >= 4 is 29.6 Å². The predicted molar refractivity (Wildman–Crippen MR) is 83.9 cm³/mol. The number of para-hydroxylation sites is 4. The maximum atomic E-state index is 5.97. The van der Waals surface area contributed by atoms with Crippen LogP contribution in [0, 0.1) is 0 Å². The highest BCUT2D eigenvalue weighted by molar-refractivity contribution is 6.08. The number of halogens is 1. The van der Waals surface area contributed by atoms with Crippen LogP contribution in [0.15, 0.2) is 53.5 Å². The number of hydrogen-bond donors (Lipinski definition) is 0. The summed E-state index contributed by atoms with van der Waals surface area (Å²) in [5.74, 6) is 2.94. The number of nitrogens with zero attached hydrogens (tertiary/aromatic N) is 2. The van der Waals surface area contributed by atoms with Gasteiger partial charge in [-0.3, -0.25) is 9.89 Å². The van der Waals surface area contributed by atoms with Crippen molar-refractivity contribution in [3.8, 4) is 11.5 Å². The number of rotatable bonds is 0. The number of benzene rings is 2. The molecule has 0 saturated heterocycles. The van der Waals surface area contributed by atoms with Crippen LogP contribution in [0.3, 0.4) is 0 Å². The van der Waals surface area contributed by atoms with Crippen LogP contribution in [0.4, 0.5) is 11.4 Å². The molecule has 0 bridgehead atoms. The lowest BCUT2D eigenvalue weighted by atomic mass is 10.1. The maximum absolute atomic E-state index is 5.97. The van der Waals surface area contributed by atoms with Crippen LogP contribution in [0.5, 0.6) is 11.5 Å². The summed E-state index contributed by atoms with van der Waals surface area (Å²) < 4.78 is 5.97. The first-order valence-electron chi connectivity index (χ1n) is 6.63. The van der Waals surface area contributed by atoms with E-state index in [2.05, 4.69) is 22.0 Å². The van der Waals surface area contributed by atoms with E-state index in [9.17, 15) is 0 Å². The number of fused-ring (bicyclic) bond motifs is 2. The van der Waals surface area contributed by atoms with Gasteiger partial charge in [-0.1, -0.05) is 24.3 Å². The Hall–Kier alpha value is -2.00. The van der Waals surface area contributed by atoms with Crippen molar-refractivity contribution in [2.24, 2.45) is 4.99 Å². The van der Waals surface area contributed by atoms with Crippen molar-refractivity contribution in [3.63, 3.8) is 0 Å². The summed E-state index contributed by atoms with van der Waals surface area (Å²) in [5, 5.41) is 0. The topological polar surface area (TPSA) is 24.8 Å². The molecule has 0 radical (unpaired) electrons. The summed E-state index contributed by atoms with van der Waals surface area (Å²) >= 11 is 0. The molecule has 0 aliphatic carbocycles. The van der Waals surface area contributed by atoms with Gasteiger partial charge >= 0.3 is 0 Å². The summed E-state index contributed by atoms with van der Waals surface area (Å²) in [6, 6.07) is 16.3. The van der Waals surface area contributed by atoms with E-state index in [1.165, 1.54) is 0 Å². The standard InChI is InChI=1S/C16H14N2O.ClH/c1-3-8-14-12(6-1)18(16-10-5-11-17-16)13-7-2-4-9-15(13)19-14;/h1-4,6-9H,5,10-11H2;1H. The number of anilines is 2. The second-order valence-electron chi connectivity index (χ2n) is 4.77. The van der Waals surface area contributed by atoms with Gasteiger partial charge < -0.3 is 4.74 Å². The fourth-order valence-electron chi connectivity index (χ4n) is 2.69. The molecule has 2 heterocycles. The highest BCUT2D eigenvalue weighted by atomic mass is 35.5. The quantitative estimate of drug-likeness (QED) is 0.710. The Balaban J connectivity index is 0.00000121. The molecular formula is C16H15ClN2O. The van der Waals surface area contributed by atoms with Gasteiger partial charge in [0.15, 0.2) is 11.5 Å². The molecule has 0 fully saturated rings. The highest BCUT2D eigenvalue weighted by Crippen LogP contribution is 2.47. The number of aliphatic imine (C=N–C) groups is 1. The van der Waals surface area contributed by atoms with Gasteiger partial charge in [0.25, 0.3) is 0 Å². The molecule has 0 unspecified atom stereocenters. The normalized spacial score (nSPS) is 15.6. The third-order valence-corrected chi connectivity index (χ3v) is 3.54. The van der Waals surface area contributed by atoms with E-state index in [4.69, 9.17) is 4.74 Å². The zero-order chi connectivity index (χ0) is 12.7. The second kappa shape index (κ2) is 5.17. The molecule has 2 aromatic rings. The van der Waals surface area contributed by atoms with E-state index < -0.39 is 0 Å². The molecule has 0 spiro atoms. The first kappa shape index (κ1) is 13.0. The molecule has 2 aliphatic rings. The summed E-state index contributed by atoms with van der Waals surface area (Å²) in [4.78, 5) is 6.88. The highest BCUT2D eigenvalue weighted by Gasteiger charge is 2.28. The molecule has 102 valence electrons. The van der Waals surface area contributed by atoms with Crippen molar-refractivity contribution in [3.05, 3.63) is 48.5 Å². The van der Waals surface area contributed by atoms with Gasteiger partial charge in [0.2, 0.25) is 0 Å². The van der Waals surface area contributed by atoms with Crippen molar-refractivity contribution in [1.29, 1.82) is 0 Å². The van der Waals surface area contributed by atoms with Gasteiger partial charge in [0.1, 0.15) is 5.84 Å². The van der Waals surface area contributed by atoms with Crippen LogP contribution in [-0.4, -0.2) is 12.4 Å². The Morgan fingerprint density at radius 2 is 1.50 bits per heavy atom. The average Bonchev–Trinajstić information content (AvgIpc) is 2.98. The van der Waals surface area contributed by atoms with E-state index in [1.807, 2.05) is 36.4 Å². The van der Waals surface area contributed by atoms with E-state index in [-0.39, 0.29) is 12.4 Å². The summed E-state index contributed by atoms with van der Waals surface area (Å²) in [7, 11) is 0. The number of amidine groups is 1. The number of ether oxygens (including phenoxy) is 1. The van der Waals surface area contributed by atoms with Gasteiger partial charge in [-0.05, 0) is 30.7 Å². The van der Waals surface area contributed by atoms with Gasteiger partial charge in [0, 0.05) is 13.0 Å². The minimum Gasteiger partial charge on any atom is -0.453 e. The van der Waals surface area contributed by atoms with Crippen LogP contribution in [0.1, 0.15) is 12.8 Å². The summed E-state index contributed by atoms with van der Waals surface area (Å²) in [6.45, 7) is 0.928. The van der Waals surface area contributed by atoms with Gasteiger partial charge in [-0.2, -0.15) is 0 Å². The van der Waals surface area contributed by atoms with Crippen molar-refractivity contribution in [2.45, 2.75) is 12.8 Å². The Morgan fingerprint density at radius 1 is 0.900 bits per heavy atom. The molecule has 0 saturated carbocycles. The molecule has 0 N–H and O–H groups in total. The predicted octanol–water partition coefficient (Wildman–Crippen LogP) is 4.54. The van der Waals surface area contributed by atoms with Gasteiger partial charge in [-0.25, -0.2) is 0 Å². The lowest BCUT2D eigenvalue weighted by Gasteiger charge is -2.32. The third kappa shape index (κ3) is 1.95. The molecule has 0 atom stereocenters. The molecule has 20 heavy (non-hydrogen) atoms. The lowest BCUT2D eigenvalue weighted by molar-refractivity contribution is 0.477. The van der Waals surface area contributed by atoms with Crippen molar-refractivity contribution in [2.75, 3.05) is 11.4 Å². The third-order valence-electron chi connectivity index (χ3n) is 3.54. The monoisotopic (exact) mass is 286 g/mol. The van der Waals surface area contributed by atoms with Crippen LogP contribution in [0.25, 0.3) is 0 Å². The Bertz CT molecular complexity index is 624. The van der Waals surface area contributed by atoms with Gasteiger partial charge in [0.05, 0.1) is 11.4 Å².